The van der Waals surface area contributed by atoms with Crippen LogP contribution in [0.2, 0.25) is 0 Å². The molecule has 4 N–H and O–H groups in total. The summed E-state index contributed by atoms with van der Waals surface area (Å²) in [4.78, 5) is 39.8. The van der Waals surface area contributed by atoms with Crippen LogP contribution in [-0.2, 0) is 13.6 Å². The number of benzene rings is 2. The van der Waals surface area contributed by atoms with Crippen molar-refractivity contribution in [3.8, 4) is 11.1 Å². The number of hydrogen-bond donors (Lipinski definition) is 4. The normalized spacial score (nSPS) is 10.8. The number of carbonyl (C=O) groups is 2. The lowest BCUT2D eigenvalue weighted by Gasteiger charge is -2.07. The van der Waals surface area contributed by atoms with E-state index in [-0.39, 0.29) is 23.7 Å². The standard InChI is InChI=1S/C24H22N4O4/c1-14-3-7-16(8-4-14)19-13-28(2)24(31)21-18(19)11-20(26-21)23(30)25-12-15-5-9-17(10-6-15)22(29)27-32/h3-11,13,26,32H,12H2,1-2H3,(H,25,30)(H,27,29). The molecule has 2 aromatic heterocycles. The number of hydroxylamine groups is 1. The number of fused-ring (bicyclic) bond motifs is 1. The summed E-state index contributed by atoms with van der Waals surface area (Å²) in [6.07, 6.45) is 1.77. The fourth-order valence-corrected chi connectivity index (χ4v) is 3.54. The average molecular weight is 430 g/mol. The van der Waals surface area contributed by atoms with Crippen LogP contribution in [0, 0.1) is 6.92 Å². The number of aromatic nitrogens is 2. The number of rotatable bonds is 5. The van der Waals surface area contributed by atoms with E-state index in [1.54, 1.807) is 49.1 Å². The molecule has 4 aromatic rings. The van der Waals surface area contributed by atoms with Crippen molar-refractivity contribution in [1.82, 2.24) is 20.3 Å². The molecular weight excluding hydrogens is 408 g/mol. The maximum Gasteiger partial charge on any atom is 0.274 e. The molecule has 0 spiro atoms. The zero-order valence-electron chi connectivity index (χ0n) is 17.6. The number of nitrogens with one attached hydrogen (secondary N) is 3. The van der Waals surface area contributed by atoms with Crippen molar-refractivity contribution in [1.29, 1.82) is 0 Å². The molecule has 0 saturated heterocycles. The fraction of sp³-hybridized carbons (Fsp3) is 0.125. The largest absolute Gasteiger partial charge is 0.347 e. The van der Waals surface area contributed by atoms with Gasteiger partial charge < -0.3 is 14.9 Å². The van der Waals surface area contributed by atoms with Crippen LogP contribution in [-0.4, -0.2) is 26.6 Å². The molecule has 0 radical (unpaired) electrons. The first-order chi connectivity index (χ1) is 15.4. The van der Waals surface area contributed by atoms with E-state index in [2.05, 4.69) is 10.3 Å². The van der Waals surface area contributed by atoms with E-state index in [1.165, 1.54) is 4.57 Å². The minimum absolute atomic E-state index is 0.215. The molecule has 8 heteroatoms. The van der Waals surface area contributed by atoms with Gasteiger partial charge in [-0.15, -0.1) is 0 Å². The third kappa shape index (κ3) is 4.03. The van der Waals surface area contributed by atoms with Crippen LogP contribution in [0.4, 0.5) is 0 Å². The summed E-state index contributed by atoms with van der Waals surface area (Å²) in [5.41, 5.74) is 6.04. The highest BCUT2D eigenvalue weighted by atomic mass is 16.5. The zero-order valence-corrected chi connectivity index (χ0v) is 17.6. The Morgan fingerprint density at radius 2 is 1.72 bits per heavy atom. The first-order valence-electron chi connectivity index (χ1n) is 9.98. The maximum atomic E-state index is 12.7. The number of H-pyrrole nitrogens is 1. The number of nitrogens with zero attached hydrogens (tertiary/aromatic N) is 1. The van der Waals surface area contributed by atoms with Crippen LogP contribution in [0.15, 0.2) is 65.6 Å². The second-order valence-corrected chi connectivity index (χ2v) is 7.62. The summed E-state index contributed by atoms with van der Waals surface area (Å²) in [5, 5.41) is 12.2. The van der Waals surface area contributed by atoms with E-state index in [4.69, 9.17) is 5.21 Å². The highest BCUT2D eigenvalue weighted by molar-refractivity contribution is 6.02. The van der Waals surface area contributed by atoms with Gasteiger partial charge in [-0.25, -0.2) is 5.48 Å². The molecule has 32 heavy (non-hydrogen) atoms. The average Bonchev–Trinajstić information content (AvgIpc) is 3.26. The summed E-state index contributed by atoms with van der Waals surface area (Å²) < 4.78 is 1.50. The van der Waals surface area contributed by atoms with Crippen molar-refractivity contribution in [2.45, 2.75) is 13.5 Å². The Morgan fingerprint density at radius 1 is 1.03 bits per heavy atom. The van der Waals surface area contributed by atoms with Gasteiger partial charge in [0.25, 0.3) is 17.4 Å². The van der Waals surface area contributed by atoms with Gasteiger partial charge in [-0.1, -0.05) is 42.0 Å². The summed E-state index contributed by atoms with van der Waals surface area (Å²) >= 11 is 0. The Bertz CT molecular complexity index is 1370. The topological polar surface area (TPSA) is 116 Å². The van der Waals surface area contributed by atoms with Crippen LogP contribution >= 0.6 is 0 Å². The molecule has 162 valence electrons. The van der Waals surface area contributed by atoms with Crippen molar-refractivity contribution in [2.75, 3.05) is 0 Å². The van der Waals surface area contributed by atoms with Gasteiger partial charge in [-0.2, -0.15) is 0 Å². The van der Waals surface area contributed by atoms with Gasteiger partial charge in [0.1, 0.15) is 11.2 Å². The zero-order chi connectivity index (χ0) is 22.8. The predicted molar refractivity (Wildman–Crippen MR) is 121 cm³/mol. The van der Waals surface area contributed by atoms with Gasteiger partial charge in [0.15, 0.2) is 0 Å². The highest BCUT2D eigenvalue weighted by Gasteiger charge is 2.16. The van der Waals surface area contributed by atoms with Crippen LogP contribution in [0.25, 0.3) is 22.0 Å². The van der Waals surface area contributed by atoms with E-state index >= 15 is 0 Å². The van der Waals surface area contributed by atoms with Crippen LogP contribution < -0.4 is 16.4 Å². The molecule has 2 aromatic carbocycles. The summed E-state index contributed by atoms with van der Waals surface area (Å²) in [7, 11) is 1.68. The molecule has 2 amide bonds. The molecule has 2 heterocycles. The Hall–Kier alpha value is -4.17. The molecule has 0 fully saturated rings. The first-order valence-corrected chi connectivity index (χ1v) is 9.98. The van der Waals surface area contributed by atoms with E-state index in [0.29, 0.717) is 16.5 Å². The minimum Gasteiger partial charge on any atom is -0.347 e. The Morgan fingerprint density at radius 3 is 2.38 bits per heavy atom. The van der Waals surface area contributed by atoms with Gasteiger partial charge in [0.05, 0.1) is 0 Å². The smallest absolute Gasteiger partial charge is 0.274 e. The number of aromatic amines is 1. The monoisotopic (exact) mass is 430 g/mol. The van der Waals surface area contributed by atoms with E-state index in [1.807, 2.05) is 31.2 Å². The summed E-state index contributed by atoms with van der Waals surface area (Å²) in [6, 6.07) is 16.1. The fourth-order valence-electron chi connectivity index (χ4n) is 3.54. The van der Waals surface area contributed by atoms with E-state index in [0.717, 1.165) is 22.3 Å². The highest BCUT2D eigenvalue weighted by Crippen LogP contribution is 2.27. The molecule has 4 rings (SSSR count). The van der Waals surface area contributed by atoms with Crippen molar-refractivity contribution in [3.63, 3.8) is 0 Å². The molecule has 0 saturated carbocycles. The minimum atomic E-state index is -0.607. The lowest BCUT2D eigenvalue weighted by atomic mass is 10.0. The summed E-state index contributed by atoms with van der Waals surface area (Å²) in [6.45, 7) is 2.24. The predicted octanol–water partition coefficient (Wildman–Crippen LogP) is 2.89. The summed E-state index contributed by atoms with van der Waals surface area (Å²) in [5.74, 6) is -0.958. The van der Waals surface area contributed by atoms with Gasteiger partial charge >= 0.3 is 0 Å². The van der Waals surface area contributed by atoms with Crippen LogP contribution in [0.1, 0.15) is 32.0 Å². The van der Waals surface area contributed by atoms with Crippen LogP contribution in [0.5, 0.6) is 0 Å². The van der Waals surface area contributed by atoms with Crippen molar-refractivity contribution >= 4 is 22.7 Å². The third-order valence-electron chi connectivity index (χ3n) is 5.34. The number of carbonyl (C=O) groups excluding carboxylic acids is 2. The number of aryl methyl sites for hydroxylation is 2. The molecule has 8 nitrogen and oxygen atoms in total. The third-order valence-corrected chi connectivity index (χ3v) is 5.34. The Kier molecular flexibility index (Phi) is 5.61. The van der Waals surface area contributed by atoms with Crippen LogP contribution in [0.3, 0.4) is 0 Å². The lowest BCUT2D eigenvalue weighted by Crippen LogP contribution is -2.23. The molecule has 0 aliphatic carbocycles. The van der Waals surface area contributed by atoms with E-state index < -0.39 is 5.91 Å². The number of hydrogen-bond acceptors (Lipinski definition) is 4. The Labute approximate surface area is 183 Å². The number of amides is 2. The second kappa shape index (κ2) is 8.52. The molecule has 0 aliphatic rings. The maximum absolute atomic E-state index is 12.7. The van der Waals surface area contributed by atoms with Gasteiger partial charge in [-0.3, -0.25) is 19.6 Å². The quantitative estimate of drug-likeness (QED) is 0.288. The van der Waals surface area contributed by atoms with Gasteiger partial charge in [0, 0.05) is 36.3 Å². The van der Waals surface area contributed by atoms with Crippen molar-refractivity contribution in [2.24, 2.45) is 7.05 Å². The SMILES string of the molecule is Cc1ccc(-c2cn(C)c(=O)c3[nH]c(C(=O)NCc4ccc(C(=O)NO)cc4)cc23)cc1. The molecular formula is C24H22N4O4. The second-order valence-electron chi connectivity index (χ2n) is 7.62. The van der Waals surface area contributed by atoms with Crippen molar-refractivity contribution in [3.05, 3.63) is 93.5 Å². The lowest BCUT2D eigenvalue weighted by molar-refractivity contribution is 0.0706. The van der Waals surface area contributed by atoms with Gasteiger partial charge in [-0.05, 0) is 36.2 Å². The Balaban J connectivity index is 1.60. The number of pyridine rings is 1. The molecule has 0 unspecified atom stereocenters. The van der Waals surface area contributed by atoms with Crippen molar-refractivity contribution < 1.29 is 14.8 Å². The van der Waals surface area contributed by atoms with E-state index in [9.17, 15) is 14.4 Å². The van der Waals surface area contributed by atoms with Gasteiger partial charge in [0.2, 0.25) is 0 Å². The first kappa shape index (κ1) is 21.1. The molecule has 0 atom stereocenters. The molecule has 0 bridgehead atoms. The molecule has 0 aliphatic heterocycles.